The largest absolute Gasteiger partial charge is 0.378 e. The fourth-order valence-electron chi connectivity index (χ4n) is 5.10. The predicted molar refractivity (Wildman–Crippen MR) is 169 cm³/mol. The van der Waals surface area contributed by atoms with E-state index in [4.69, 9.17) is 0 Å². The summed E-state index contributed by atoms with van der Waals surface area (Å²) in [6, 6.07) is 24.3. The highest BCUT2D eigenvalue weighted by atomic mass is 16.2. The molecule has 0 saturated heterocycles. The molecule has 4 aromatic rings. The fraction of sp³-hybridized carbons (Fsp3) is 0.371. The van der Waals surface area contributed by atoms with Gasteiger partial charge in [-0.2, -0.15) is 0 Å². The Morgan fingerprint density at radius 2 is 1.54 bits per heavy atom. The minimum absolute atomic E-state index is 0.0394. The number of hydrogen-bond acceptors (Lipinski definition) is 3. The molecule has 0 unspecified atom stereocenters. The van der Waals surface area contributed by atoms with Gasteiger partial charge in [0.05, 0.1) is 0 Å². The Balaban J connectivity index is 1.52. The molecule has 0 aliphatic rings. The molecule has 0 radical (unpaired) electrons. The van der Waals surface area contributed by atoms with Crippen LogP contribution in [-0.4, -0.2) is 59.8 Å². The molecule has 1 aromatic heterocycles. The van der Waals surface area contributed by atoms with Crippen molar-refractivity contribution in [3.05, 3.63) is 101 Å². The number of anilines is 1. The summed E-state index contributed by atoms with van der Waals surface area (Å²) < 4.78 is 0. The molecule has 6 nitrogen and oxygen atoms in total. The van der Waals surface area contributed by atoms with Gasteiger partial charge in [-0.05, 0) is 80.1 Å². The number of aromatic amines is 1. The standard InChI is InChI=1S/C35H44N4O2/c1-6-7-10-27-13-17-29(18-14-27)35(41)39(26(2)3)25-34(40)38(24-28-15-19-31(20-16-28)37(4)5)22-21-30-23-36-33-12-9-8-11-32(30)33/h8-9,11-20,23,26,36H,6-7,10,21-22,24-25H2,1-5H3. The van der Waals surface area contributed by atoms with Crippen LogP contribution in [0.3, 0.4) is 0 Å². The van der Waals surface area contributed by atoms with Crippen molar-refractivity contribution in [1.82, 2.24) is 14.8 Å². The smallest absolute Gasteiger partial charge is 0.254 e. The number of aromatic nitrogens is 1. The number of H-pyrrole nitrogens is 1. The molecule has 41 heavy (non-hydrogen) atoms. The molecule has 6 heteroatoms. The lowest BCUT2D eigenvalue weighted by Gasteiger charge is -2.30. The first kappa shape index (κ1) is 29.9. The van der Waals surface area contributed by atoms with Crippen LogP contribution in [-0.2, 0) is 24.2 Å². The minimum Gasteiger partial charge on any atom is -0.378 e. The number of rotatable bonds is 13. The molecule has 3 aromatic carbocycles. The number of hydrogen-bond donors (Lipinski definition) is 1. The first-order chi connectivity index (χ1) is 19.8. The third kappa shape index (κ3) is 7.78. The molecule has 0 atom stereocenters. The van der Waals surface area contributed by atoms with Crippen LogP contribution >= 0.6 is 0 Å². The van der Waals surface area contributed by atoms with E-state index in [1.165, 1.54) is 16.5 Å². The van der Waals surface area contributed by atoms with E-state index >= 15 is 0 Å². The Kier molecular flexibility index (Phi) is 10.2. The normalized spacial score (nSPS) is 11.2. The average molecular weight is 553 g/mol. The first-order valence-electron chi connectivity index (χ1n) is 14.8. The van der Waals surface area contributed by atoms with Crippen LogP contribution in [0, 0.1) is 0 Å². The van der Waals surface area contributed by atoms with Gasteiger partial charge in [-0.15, -0.1) is 0 Å². The van der Waals surface area contributed by atoms with E-state index in [1.807, 2.05) is 75.4 Å². The van der Waals surface area contributed by atoms with Crippen molar-refractivity contribution in [2.75, 3.05) is 32.1 Å². The van der Waals surface area contributed by atoms with E-state index in [9.17, 15) is 9.59 Å². The quantitative estimate of drug-likeness (QED) is 0.201. The average Bonchev–Trinajstić information content (AvgIpc) is 3.40. The van der Waals surface area contributed by atoms with Crippen molar-refractivity contribution >= 4 is 28.4 Å². The number of unbranched alkanes of at least 4 members (excludes halogenated alkanes) is 1. The van der Waals surface area contributed by atoms with Gasteiger partial charge in [0.2, 0.25) is 5.91 Å². The summed E-state index contributed by atoms with van der Waals surface area (Å²) in [5.41, 5.74) is 6.31. The van der Waals surface area contributed by atoms with E-state index < -0.39 is 0 Å². The number of benzene rings is 3. The van der Waals surface area contributed by atoms with Gasteiger partial charge in [0.1, 0.15) is 6.54 Å². The lowest BCUT2D eigenvalue weighted by atomic mass is 10.1. The maximum atomic E-state index is 13.9. The summed E-state index contributed by atoms with van der Waals surface area (Å²) in [5, 5.41) is 1.18. The summed E-state index contributed by atoms with van der Waals surface area (Å²) in [6.07, 6.45) is 6.04. The Labute approximate surface area is 245 Å². The number of para-hydroxylation sites is 1. The van der Waals surface area contributed by atoms with Crippen LogP contribution in [0.1, 0.15) is 60.7 Å². The second-order valence-electron chi connectivity index (χ2n) is 11.3. The summed E-state index contributed by atoms with van der Waals surface area (Å²) in [4.78, 5) is 36.4. The molecule has 216 valence electrons. The molecule has 0 aliphatic heterocycles. The zero-order valence-corrected chi connectivity index (χ0v) is 25.2. The third-order valence-electron chi connectivity index (χ3n) is 7.71. The number of amides is 2. The Morgan fingerprint density at radius 1 is 0.854 bits per heavy atom. The lowest BCUT2D eigenvalue weighted by Crippen LogP contribution is -2.46. The van der Waals surface area contributed by atoms with E-state index in [2.05, 4.69) is 53.2 Å². The molecule has 0 aliphatic carbocycles. The zero-order valence-electron chi connectivity index (χ0n) is 25.2. The van der Waals surface area contributed by atoms with E-state index in [-0.39, 0.29) is 24.4 Å². The molecule has 1 heterocycles. The van der Waals surface area contributed by atoms with Gasteiger partial charge >= 0.3 is 0 Å². The van der Waals surface area contributed by atoms with Crippen LogP contribution in [0.4, 0.5) is 5.69 Å². The molecular weight excluding hydrogens is 508 g/mol. The van der Waals surface area contributed by atoms with Gasteiger partial charge in [-0.1, -0.05) is 55.8 Å². The van der Waals surface area contributed by atoms with E-state index in [0.29, 0.717) is 18.7 Å². The molecule has 0 spiro atoms. The highest BCUT2D eigenvalue weighted by Gasteiger charge is 2.25. The Morgan fingerprint density at radius 3 is 2.20 bits per heavy atom. The van der Waals surface area contributed by atoms with Gasteiger partial charge in [-0.3, -0.25) is 9.59 Å². The van der Waals surface area contributed by atoms with Crippen molar-refractivity contribution in [2.45, 2.75) is 59.0 Å². The topological polar surface area (TPSA) is 59.7 Å². The van der Waals surface area contributed by atoms with Crippen molar-refractivity contribution in [3.8, 4) is 0 Å². The monoisotopic (exact) mass is 552 g/mol. The van der Waals surface area contributed by atoms with Gasteiger partial charge in [-0.25, -0.2) is 0 Å². The number of fused-ring (bicyclic) bond motifs is 1. The summed E-state index contributed by atoms with van der Waals surface area (Å²) >= 11 is 0. The van der Waals surface area contributed by atoms with E-state index in [1.54, 1.807) is 4.90 Å². The maximum Gasteiger partial charge on any atom is 0.254 e. The Bertz CT molecular complexity index is 1420. The summed E-state index contributed by atoms with van der Waals surface area (Å²) in [6.45, 7) is 7.20. The number of carbonyl (C=O) groups is 2. The molecule has 0 bridgehead atoms. The zero-order chi connectivity index (χ0) is 29.4. The van der Waals surface area contributed by atoms with Crippen LogP contribution in [0.5, 0.6) is 0 Å². The van der Waals surface area contributed by atoms with Crippen LogP contribution in [0.2, 0.25) is 0 Å². The van der Waals surface area contributed by atoms with Crippen molar-refractivity contribution in [3.63, 3.8) is 0 Å². The SMILES string of the molecule is CCCCc1ccc(C(=O)N(CC(=O)N(CCc2c[nH]c3ccccc23)Cc2ccc(N(C)C)cc2)C(C)C)cc1. The lowest BCUT2D eigenvalue weighted by molar-refractivity contribution is -0.132. The number of carbonyl (C=O) groups excluding carboxylic acids is 2. The highest BCUT2D eigenvalue weighted by molar-refractivity contribution is 5.96. The van der Waals surface area contributed by atoms with Crippen molar-refractivity contribution in [2.24, 2.45) is 0 Å². The highest BCUT2D eigenvalue weighted by Crippen LogP contribution is 2.20. The summed E-state index contributed by atoms with van der Waals surface area (Å²) in [5.74, 6) is -0.162. The first-order valence-corrected chi connectivity index (χ1v) is 14.8. The van der Waals surface area contributed by atoms with Crippen LogP contribution in [0.15, 0.2) is 79.0 Å². The van der Waals surface area contributed by atoms with Gasteiger partial charge in [0.15, 0.2) is 0 Å². The molecular formula is C35H44N4O2. The molecule has 2 amide bonds. The number of nitrogens with one attached hydrogen (secondary N) is 1. The second kappa shape index (κ2) is 14.0. The molecule has 0 fully saturated rings. The molecule has 0 saturated carbocycles. The van der Waals surface area contributed by atoms with E-state index in [0.717, 1.165) is 42.5 Å². The summed E-state index contributed by atoms with van der Waals surface area (Å²) in [7, 11) is 4.03. The predicted octanol–water partition coefficient (Wildman–Crippen LogP) is 6.70. The van der Waals surface area contributed by atoms with Crippen LogP contribution < -0.4 is 4.90 Å². The molecule has 4 rings (SSSR count). The fourth-order valence-corrected chi connectivity index (χ4v) is 5.10. The minimum atomic E-state index is -0.110. The number of nitrogens with zero attached hydrogens (tertiary/aromatic N) is 3. The van der Waals surface area contributed by atoms with Gasteiger partial charge < -0.3 is 19.7 Å². The Hall–Kier alpha value is -4.06. The van der Waals surface area contributed by atoms with Crippen molar-refractivity contribution < 1.29 is 9.59 Å². The number of aryl methyl sites for hydroxylation is 1. The van der Waals surface area contributed by atoms with Crippen LogP contribution in [0.25, 0.3) is 10.9 Å². The maximum absolute atomic E-state index is 13.9. The third-order valence-corrected chi connectivity index (χ3v) is 7.71. The van der Waals surface area contributed by atoms with Gasteiger partial charge in [0.25, 0.3) is 5.91 Å². The molecule has 1 N–H and O–H groups in total. The second-order valence-corrected chi connectivity index (χ2v) is 11.3. The van der Waals surface area contributed by atoms with Crippen molar-refractivity contribution in [1.29, 1.82) is 0 Å². The van der Waals surface area contributed by atoms with Gasteiger partial charge in [0, 0.05) is 61.6 Å².